The molecule has 1 atom stereocenters. The second-order valence-electron chi connectivity index (χ2n) is 3.26. The van der Waals surface area contributed by atoms with E-state index < -0.39 is 12.0 Å². The van der Waals surface area contributed by atoms with E-state index in [4.69, 9.17) is 0 Å². The molecular weight excluding hydrogens is 162 g/mol. The highest BCUT2D eigenvalue weighted by Gasteiger charge is 2.43. The second-order valence-corrected chi connectivity index (χ2v) is 3.26. The van der Waals surface area contributed by atoms with E-state index in [2.05, 4.69) is 5.32 Å². The summed E-state index contributed by atoms with van der Waals surface area (Å²) >= 11 is 0. The minimum Gasteiger partial charge on any atom is -0.312 e. The monoisotopic (exact) mass is 178 g/mol. The van der Waals surface area contributed by atoms with Gasteiger partial charge in [-0.15, -0.1) is 0 Å². The van der Waals surface area contributed by atoms with Crippen molar-refractivity contribution in [1.29, 1.82) is 0 Å². The van der Waals surface area contributed by atoms with E-state index in [1.165, 1.54) is 0 Å². The molecule has 4 heteroatoms. The molecule has 0 aromatic heterocycles. The maximum Gasteiger partial charge on any atom is 0.275 e. The number of nitrogens with zero attached hydrogens (tertiary/aromatic N) is 1. The van der Waals surface area contributed by atoms with E-state index >= 15 is 0 Å². The van der Waals surface area contributed by atoms with Crippen molar-refractivity contribution in [3.63, 3.8) is 0 Å². The van der Waals surface area contributed by atoms with E-state index in [0.717, 1.165) is 6.54 Å². The fourth-order valence-corrected chi connectivity index (χ4v) is 1.64. The SMILES string of the molecule is CCN1CCC(NC)C(F)(F)C1. The number of alkyl halides is 2. The first-order valence-electron chi connectivity index (χ1n) is 4.37. The zero-order valence-electron chi connectivity index (χ0n) is 7.61. The van der Waals surface area contributed by atoms with Crippen LogP contribution in [0.5, 0.6) is 0 Å². The molecule has 2 nitrogen and oxygen atoms in total. The van der Waals surface area contributed by atoms with Gasteiger partial charge in [0.15, 0.2) is 0 Å². The molecule has 12 heavy (non-hydrogen) atoms. The summed E-state index contributed by atoms with van der Waals surface area (Å²) < 4.78 is 26.4. The fourth-order valence-electron chi connectivity index (χ4n) is 1.64. The third-order valence-electron chi connectivity index (χ3n) is 2.47. The molecule has 0 aliphatic carbocycles. The smallest absolute Gasteiger partial charge is 0.275 e. The maximum atomic E-state index is 13.2. The van der Waals surface area contributed by atoms with Crippen LogP contribution < -0.4 is 5.32 Å². The van der Waals surface area contributed by atoms with Crippen molar-refractivity contribution in [3.05, 3.63) is 0 Å². The number of nitrogens with one attached hydrogen (secondary N) is 1. The van der Waals surface area contributed by atoms with Gasteiger partial charge in [0.25, 0.3) is 5.92 Å². The molecular formula is C8H16F2N2. The summed E-state index contributed by atoms with van der Waals surface area (Å²) in [7, 11) is 1.60. The first kappa shape index (κ1) is 9.86. The average molecular weight is 178 g/mol. The molecule has 0 amide bonds. The molecule has 0 aromatic carbocycles. The van der Waals surface area contributed by atoms with E-state index in [1.54, 1.807) is 11.9 Å². The third-order valence-corrected chi connectivity index (χ3v) is 2.47. The Kier molecular flexibility index (Phi) is 3.01. The highest BCUT2D eigenvalue weighted by atomic mass is 19.3. The first-order valence-corrected chi connectivity index (χ1v) is 4.37. The number of hydrogen-bond donors (Lipinski definition) is 1. The normalized spacial score (nSPS) is 30.5. The van der Waals surface area contributed by atoms with Crippen LogP contribution in [0.15, 0.2) is 0 Å². The fraction of sp³-hybridized carbons (Fsp3) is 1.00. The van der Waals surface area contributed by atoms with E-state index in [9.17, 15) is 8.78 Å². The van der Waals surface area contributed by atoms with Gasteiger partial charge in [-0.1, -0.05) is 6.92 Å². The van der Waals surface area contributed by atoms with Crippen LogP contribution in [-0.2, 0) is 0 Å². The van der Waals surface area contributed by atoms with Crippen molar-refractivity contribution in [2.75, 3.05) is 26.7 Å². The molecule has 0 saturated carbocycles. The van der Waals surface area contributed by atoms with Crippen molar-refractivity contribution in [3.8, 4) is 0 Å². The van der Waals surface area contributed by atoms with Gasteiger partial charge in [-0.05, 0) is 20.0 Å². The van der Waals surface area contributed by atoms with Crippen molar-refractivity contribution in [2.45, 2.75) is 25.3 Å². The average Bonchev–Trinajstić information content (AvgIpc) is 2.02. The lowest BCUT2D eigenvalue weighted by Gasteiger charge is -2.37. The Morgan fingerprint density at radius 3 is 2.67 bits per heavy atom. The summed E-state index contributed by atoms with van der Waals surface area (Å²) in [5, 5.41) is 2.66. The van der Waals surface area contributed by atoms with Crippen LogP contribution in [-0.4, -0.2) is 43.5 Å². The van der Waals surface area contributed by atoms with Crippen LogP contribution in [0.1, 0.15) is 13.3 Å². The van der Waals surface area contributed by atoms with Gasteiger partial charge in [-0.2, -0.15) is 0 Å². The number of likely N-dealkylation sites (tertiary alicyclic amines) is 1. The molecule has 0 bridgehead atoms. The van der Waals surface area contributed by atoms with Gasteiger partial charge in [0, 0.05) is 6.54 Å². The highest BCUT2D eigenvalue weighted by molar-refractivity contribution is 4.90. The zero-order chi connectivity index (χ0) is 9.19. The van der Waals surface area contributed by atoms with E-state index in [-0.39, 0.29) is 6.54 Å². The van der Waals surface area contributed by atoms with Crippen LogP contribution in [0.2, 0.25) is 0 Å². The second kappa shape index (κ2) is 3.66. The number of hydrogen-bond acceptors (Lipinski definition) is 2. The van der Waals surface area contributed by atoms with Gasteiger partial charge >= 0.3 is 0 Å². The third kappa shape index (κ3) is 1.93. The molecule has 1 aliphatic rings. The topological polar surface area (TPSA) is 15.3 Å². The van der Waals surface area contributed by atoms with Crippen molar-refractivity contribution in [2.24, 2.45) is 0 Å². The Balaban J connectivity index is 2.54. The van der Waals surface area contributed by atoms with Crippen LogP contribution in [0.25, 0.3) is 0 Å². The minimum absolute atomic E-state index is 0.102. The van der Waals surface area contributed by atoms with E-state index in [0.29, 0.717) is 13.0 Å². The lowest BCUT2D eigenvalue weighted by Crippen LogP contribution is -2.56. The molecule has 0 spiro atoms. The predicted octanol–water partition coefficient (Wildman–Crippen LogP) is 0.935. The van der Waals surface area contributed by atoms with Gasteiger partial charge in [-0.3, -0.25) is 4.90 Å². The summed E-state index contributed by atoms with van der Waals surface area (Å²) in [5.41, 5.74) is 0. The summed E-state index contributed by atoms with van der Waals surface area (Å²) in [4.78, 5) is 1.79. The molecule has 1 fully saturated rings. The first-order chi connectivity index (χ1) is 5.60. The van der Waals surface area contributed by atoms with Crippen LogP contribution in [0.4, 0.5) is 8.78 Å². The summed E-state index contributed by atoms with van der Waals surface area (Å²) in [6.45, 7) is 3.30. The predicted molar refractivity (Wildman–Crippen MR) is 44.5 cm³/mol. The zero-order valence-corrected chi connectivity index (χ0v) is 7.61. The van der Waals surface area contributed by atoms with Gasteiger partial charge < -0.3 is 5.32 Å². The van der Waals surface area contributed by atoms with Crippen LogP contribution in [0.3, 0.4) is 0 Å². The Morgan fingerprint density at radius 1 is 1.58 bits per heavy atom. The van der Waals surface area contributed by atoms with Crippen LogP contribution in [0, 0.1) is 0 Å². The number of piperidine rings is 1. The standard InChI is InChI=1S/C8H16F2N2/c1-3-12-5-4-7(11-2)8(9,10)6-12/h7,11H,3-6H2,1-2H3. The Labute approximate surface area is 71.9 Å². The minimum atomic E-state index is -2.57. The summed E-state index contributed by atoms with van der Waals surface area (Å²) in [6, 6.07) is -0.639. The Morgan fingerprint density at radius 2 is 2.25 bits per heavy atom. The molecule has 1 heterocycles. The number of halogens is 2. The molecule has 1 saturated heterocycles. The Hall–Kier alpha value is -0.220. The van der Waals surface area contributed by atoms with Crippen molar-refractivity contribution < 1.29 is 8.78 Å². The molecule has 0 radical (unpaired) electrons. The quantitative estimate of drug-likeness (QED) is 0.677. The molecule has 0 aromatic rings. The lowest BCUT2D eigenvalue weighted by molar-refractivity contribution is -0.0870. The van der Waals surface area contributed by atoms with Gasteiger partial charge in [0.2, 0.25) is 0 Å². The lowest BCUT2D eigenvalue weighted by atomic mass is 10.0. The van der Waals surface area contributed by atoms with Crippen LogP contribution >= 0.6 is 0 Å². The molecule has 72 valence electrons. The molecule has 1 N–H and O–H groups in total. The maximum absolute atomic E-state index is 13.2. The highest BCUT2D eigenvalue weighted by Crippen LogP contribution is 2.26. The molecule has 1 aliphatic heterocycles. The summed E-state index contributed by atoms with van der Waals surface area (Å²) in [5.74, 6) is -2.57. The van der Waals surface area contributed by atoms with Gasteiger partial charge in [0.1, 0.15) is 0 Å². The largest absolute Gasteiger partial charge is 0.312 e. The van der Waals surface area contributed by atoms with Gasteiger partial charge in [0.05, 0.1) is 12.6 Å². The van der Waals surface area contributed by atoms with Crippen molar-refractivity contribution in [1.82, 2.24) is 10.2 Å². The van der Waals surface area contributed by atoms with Crippen molar-refractivity contribution >= 4 is 0 Å². The van der Waals surface area contributed by atoms with E-state index in [1.807, 2.05) is 6.92 Å². The van der Waals surface area contributed by atoms with Gasteiger partial charge in [-0.25, -0.2) is 8.78 Å². The molecule has 1 unspecified atom stereocenters. The molecule has 1 rings (SSSR count). The Bertz CT molecular complexity index is 150. The number of rotatable bonds is 2. The summed E-state index contributed by atoms with van der Waals surface area (Å²) in [6.07, 6.45) is 0.539.